The molecule has 2 heterocycles. The Labute approximate surface area is 156 Å². The molecule has 142 valence electrons. The van der Waals surface area contributed by atoms with Crippen LogP contribution < -0.4 is 14.2 Å². The first kappa shape index (κ1) is 17.7. The van der Waals surface area contributed by atoms with Crippen LogP contribution >= 0.6 is 0 Å². The van der Waals surface area contributed by atoms with Gasteiger partial charge in [-0.3, -0.25) is 0 Å². The highest BCUT2D eigenvalue weighted by Crippen LogP contribution is 2.27. The number of hydrogen-bond acceptors (Lipinski definition) is 7. The van der Waals surface area contributed by atoms with Gasteiger partial charge in [-0.2, -0.15) is 4.52 Å². The molecule has 0 bridgehead atoms. The van der Waals surface area contributed by atoms with Gasteiger partial charge in [0.2, 0.25) is 15.9 Å². The molecule has 2 aromatic heterocycles. The molecule has 10 heteroatoms. The SMILES string of the molecule is COc1cccc(-c2nnc3ccc(OCCNS(=O)(=O)C4CC4)nn23)c1. The fourth-order valence-corrected chi connectivity index (χ4v) is 3.99. The van der Waals surface area contributed by atoms with Crippen LogP contribution in [0.1, 0.15) is 12.8 Å². The number of hydrogen-bond donors (Lipinski definition) is 1. The van der Waals surface area contributed by atoms with Crippen molar-refractivity contribution in [3.05, 3.63) is 36.4 Å². The molecule has 0 radical (unpaired) electrons. The first-order valence-electron chi connectivity index (χ1n) is 8.55. The van der Waals surface area contributed by atoms with Crippen LogP contribution in [0.4, 0.5) is 0 Å². The smallest absolute Gasteiger partial charge is 0.231 e. The number of nitrogens with one attached hydrogen (secondary N) is 1. The van der Waals surface area contributed by atoms with Crippen molar-refractivity contribution < 1.29 is 17.9 Å². The molecule has 1 aliphatic rings. The molecule has 0 unspecified atom stereocenters. The molecule has 0 saturated heterocycles. The highest BCUT2D eigenvalue weighted by molar-refractivity contribution is 7.90. The molecule has 1 aliphatic carbocycles. The third kappa shape index (κ3) is 3.86. The first-order valence-corrected chi connectivity index (χ1v) is 10.1. The lowest BCUT2D eigenvalue weighted by Crippen LogP contribution is -2.31. The van der Waals surface area contributed by atoms with Crippen molar-refractivity contribution in [2.24, 2.45) is 0 Å². The number of fused-ring (bicyclic) bond motifs is 1. The van der Waals surface area contributed by atoms with Gasteiger partial charge < -0.3 is 9.47 Å². The van der Waals surface area contributed by atoms with E-state index >= 15 is 0 Å². The predicted octanol–water partition coefficient (Wildman–Crippen LogP) is 1.26. The minimum absolute atomic E-state index is 0.182. The van der Waals surface area contributed by atoms with Gasteiger partial charge in [-0.1, -0.05) is 12.1 Å². The Bertz CT molecular complexity index is 1060. The van der Waals surface area contributed by atoms with Gasteiger partial charge in [0.05, 0.1) is 12.4 Å². The van der Waals surface area contributed by atoms with Gasteiger partial charge in [-0.05, 0) is 31.0 Å². The second-order valence-corrected chi connectivity index (χ2v) is 8.23. The summed E-state index contributed by atoms with van der Waals surface area (Å²) in [5, 5.41) is 12.5. The third-order valence-corrected chi connectivity index (χ3v) is 6.14. The summed E-state index contributed by atoms with van der Waals surface area (Å²) >= 11 is 0. The average molecular weight is 389 g/mol. The van der Waals surface area contributed by atoms with Gasteiger partial charge in [0.1, 0.15) is 12.4 Å². The van der Waals surface area contributed by atoms with Crippen molar-refractivity contribution in [1.82, 2.24) is 24.5 Å². The van der Waals surface area contributed by atoms with Crippen LogP contribution in [0.2, 0.25) is 0 Å². The van der Waals surface area contributed by atoms with Crippen LogP contribution in [0.5, 0.6) is 11.6 Å². The Kier molecular flexibility index (Phi) is 4.66. The topological polar surface area (TPSA) is 108 Å². The highest BCUT2D eigenvalue weighted by atomic mass is 32.2. The molecule has 1 fully saturated rings. The molecule has 9 nitrogen and oxygen atoms in total. The van der Waals surface area contributed by atoms with Crippen molar-refractivity contribution in [2.45, 2.75) is 18.1 Å². The summed E-state index contributed by atoms with van der Waals surface area (Å²) in [4.78, 5) is 0. The largest absolute Gasteiger partial charge is 0.497 e. The quantitative estimate of drug-likeness (QED) is 0.578. The van der Waals surface area contributed by atoms with Crippen LogP contribution in [-0.4, -0.2) is 53.7 Å². The lowest BCUT2D eigenvalue weighted by Gasteiger charge is -2.08. The lowest BCUT2D eigenvalue weighted by atomic mass is 10.2. The van der Waals surface area contributed by atoms with Gasteiger partial charge >= 0.3 is 0 Å². The standard InChI is InChI=1S/C17H19N5O4S/c1-25-13-4-2-3-12(11-13)17-20-19-15-7-8-16(21-22(15)17)26-10-9-18-27(23,24)14-5-6-14/h2-4,7-8,11,14,18H,5-6,9-10H2,1H3. The molecule has 0 atom stereocenters. The minimum atomic E-state index is -3.20. The molecule has 1 saturated carbocycles. The van der Waals surface area contributed by atoms with Crippen LogP contribution in [0.3, 0.4) is 0 Å². The number of ether oxygens (including phenoxy) is 2. The van der Waals surface area contributed by atoms with Gasteiger partial charge in [0, 0.05) is 18.2 Å². The normalized spacial score (nSPS) is 14.4. The van der Waals surface area contributed by atoms with E-state index in [1.54, 1.807) is 23.8 Å². The molecule has 0 spiro atoms. The summed E-state index contributed by atoms with van der Waals surface area (Å²) in [6.45, 7) is 0.380. The second kappa shape index (κ2) is 7.12. The van der Waals surface area contributed by atoms with Gasteiger partial charge in [0.25, 0.3) is 0 Å². The van der Waals surface area contributed by atoms with E-state index in [0.29, 0.717) is 23.1 Å². The van der Waals surface area contributed by atoms with Gasteiger partial charge in [-0.25, -0.2) is 13.1 Å². The Morgan fingerprint density at radius 2 is 2.07 bits per heavy atom. The summed E-state index contributed by atoms with van der Waals surface area (Å²) in [6, 6.07) is 10.9. The molecule has 3 aromatic rings. The van der Waals surface area contributed by atoms with Crippen LogP contribution in [0, 0.1) is 0 Å². The maximum absolute atomic E-state index is 11.8. The Balaban J connectivity index is 1.48. The first-order chi connectivity index (χ1) is 13.1. The Morgan fingerprint density at radius 3 is 2.85 bits per heavy atom. The van der Waals surface area contributed by atoms with Gasteiger partial charge in [-0.15, -0.1) is 15.3 Å². The van der Waals surface area contributed by atoms with E-state index in [4.69, 9.17) is 9.47 Å². The fraction of sp³-hybridized carbons (Fsp3) is 0.353. The van der Waals surface area contributed by atoms with E-state index < -0.39 is 10.0 Å². The summed E-state index contributed by atoms with van der Waals surface area (Å²) in [7, 11) is -1.60. The predicted molar refractivity (Wildman–Crippen MR) is 98.2 cm³/mol. The van der Waals surface area contributed by atoms with Crippen LogP contribution in [-0.2, 0) is 10.0 Å². The number of sulfonamides is 1. The lowest BCUT2D eigenvalue weighted by molar-refractivity contribution is 0.306. The summed E-state index contributed by atoms with van der Waals surface area (Å²) in [5.41, 5.74) is 1.39. The molecular weight excluding hydrogens is 370 g/mol. The van der Waals surface area contributed by atoms with E-state index in [1.165, 1.54) is 0 Å². The van der Waals surface area contributed by atoms with Crippen molar-refractivity contribution in [2.75, 3.05) is 20.3 Å². The summed E-state index contributed by atoms with van der Waals surface area (Å²) < 4.78 is 38.5. The number of aromatic nitrogens is 4. The van der Waals surface area contributed by atoms with Crippen LogP contribution in [0.15, 0.2) is 36.4 Å². The maximum Gasteiger partial charge on any atom is 0.231 e. The zero-order valence-electron chi connectivity index (χ0n) is 14.7. The highest BCUT2D eigenvalue weighted by Gasteiger charge is 2.35. The number of methoxy groups -OCH3 is 1. The van der Waals surface area contributed by atoms with E-state index in [9.17, 15) is 8.42 Å². The monoisotopic (exact) mass is 389 g/mol. The van der Waals surface area contributed by atoms with Crippen molar-refractivity contribution >= 4 is 15.7 Å². The molecular formula is C17H19N5O4S. The summed E-state index contributed by atoms with van der Waals surface area (Å²) in [6.07, 6.45) is 1.46. The third-order valence-electron chi connectivity index (χ3n) is 4.18. The molecule has 0 amide bonds. The Hall–Kier alpha value is -2.72. The number of nitrogens with zero attached hydrogens (tertiary/aromatic N) is 4. The van der Waals surface area contributed by atoms with Gasteiger partial charge in [0.15, 0.2) is 11.5 Å². The minimum Gasteiger partial charge on any atom is -0.497 e. The maximum atomic E-state index is 11.8. The molecule has 4 rings (SSSR count). The van der Waals surface area contributed by atoms with E-state index in [2.05, 4.69) is 20.0 Å². The fourth-order valence-electron chi connectivity index (χ4n) is 2.63. The summed E-state index contributed by atoms with van der Waals surface area (Å²) in [5.74, 6) is 1.63. The van der Waals surface area contributed by atoms with E-state index in [-0.39, 0.29) is 18.4 Å². The van der Waals surface area contributed by atoms with Crippen molar-refractivity contribution in [1.29, 1.82) is 0 Å². The van der Waals surface area contributed by atoms with Crippen LogP contribution in [0.25, 0.3) is 17.0 Å². The number of benzene rings is 1. The average Bonchev–Trinajstić information content (AvgIpc) is 3.46. The molecule has 27 heavy (non-hydrogen) atoms. The zero-order chi connectivity index (χ0) is 18.9. The molecule has 1 N–H and O–H groups in total. The zero-order valence-corrected chi connectivity index (χ0v) is 15.5. The van der Waals surface area contributed by atoms with Crippen molar-refractivity contribution in [3.8, 4) is 23.0 Å². The second-order valence-electron chi connectivity index (χ2n) is 6.18. The molecule has 0 aliphatic heterocycles. The Morgan fingerprint density at radius 1 is 1.22 bits per heavy atom. The van der Waals surface area contributed by atoms with E-state index in [0.717, 1.165) is 18.4 Å². The van der Waals surface area contributed by atoms with Crippen molar-refractivity contribution in [3.63, 3.8) is 0 Å². The number of rotatable bonds is 8. The van der Waals surface area contributed by atoms with E-state index in [1.807, 2.05) is 24.3 Å². The molecule has 1 aromatic carbocycles.